The Labute approximate surface area is 149 Å². The van der Waals surface area contributed by atoms with E-state index in [1.807, 2.05) is 29.7 Å². The monoisotopic (exact) mass is 356 g/mol. The fraction of sp³-hybridized carbons (Fsp3) is 0.278. The first-order chi connectivity index (χ1) is 12.0. The molecule has 130 valence electrons. The van der Waals surface area contributed by atoms with Crippen molar-refractivity contribution in [1.29, 1.82) is 0 Å². The number of fused-ring (bicyclic) bond motifs is 1. The van der Waals surface area contributed by atoms with Crippen LogP contribution in [0.25, 0.3) is 11.2 Å². The van der Waals surface area contributed by atoms with E-state index in [-0.39, 0.29) is 0 Å². The zero-order valence-corrected chi connectivity index (χ0v) is 15.3. The number of H-pyrrole nitrogens is 1. The van der Waals surface area contributed by atoms with Gasteiger partial charge in [-0.2, -0.15) is 0 Å². The molecule has 1 aromatic carbocycles. The highest BCUT2D eigenvalue weighted by atomic mass is 32.2. The molecule has 2 heterocycles. The van der Waals surface area contributed by atoms with Gasteiger partial charge in [0.1, 0.15) is 0 Å². The first-order valence-corrected chi connectivity index (χ1v) is 8.99. The van der Waals surface area contributed by atoms with Gasteiger partial charge in [-0.1, -0.05) is 53.7 Å². The number of nitrogens with one attached hydrogen (secondary N) is 1. The Morgan fingerprint density at radius 2 is 2.12 bits per heavy atom. The fourth-order valence-corrected chi connectivity index (χ4v) is 3.60. The first kappa shape index (κ1) is 17.3. The molecule has 3 aromatic rings. The van der Waals surface area contributed by atoms with E-state index in [4.69, 9.17) is 0 Å². The van der Waals surface area contributed by atoms with E-state index < -0.39 is 11.2 Å². The lowest BCUT2D eigenvalue weighted by molar-refractivity contribution is 0.743. The summed E-state index contributed by atoms with van der Waals surface area (Å²) in [5.41, 5.74) is 2.37. The van der Waals surface area contributed by atoms with Crippen LogP contribution in [0.5, 0.6) is 0 Å². The lowest BCUT2D eigenvalue weighted by Crippen LogP contribution is -2.29. The van der Waals surface area contributed by atoms with E-state index in [9.17, 15) is 9.59 Å². The van der Waals surface area contributed by atoms with Gasteiger partial charge < -0.3 is 4.57 Å². The molecule has 3 rings (SSSR count). The highest BCUT2D eigenvalue weighted by Gasteiger charge is 2.17. The van der Waals surface area contributed by atoms with Gasteiger partial charge in [0, 0.05) is 19.3 Å². The minimum atomic E-state index is -0.455. The summed E-state index contributed by atoms with van der Waals surface area (Å²) >= 11 is 1.56. The lowest BCUT2D eigenvalue weighted by Gasteiger charge is -2.06. The average Bonchev–Trinajstić information content (AvgIpc) is 2.95. The Morgan fingerprint density at radius 3 is 2.84 bits per heavy atom. The van der Waals surface area contributed by atoms with Crippen molar-refractivity contribution < 1.29 is 0 Å². The molecule has 1 N–H and O–H groups in total. The van der Waals surface area contributed by atoms with Gasteiger partial charge in [0.05, 0.1) is 0 Å². The van der Waals surface area contributed by atoms with Crippen LogP contribution in [0.15, 0.2) is 51.2 Å². The normalized spacial score (nSPS) is 11.6. The molecule has 0 aliphatic heterocycles. The maximum Gasteiger partial charge on any atom is 0.329 e. The molecule has 0 saturated carbocycles. The number of hydrogen-bond donors (Lipinski definition) is 1. The number of allylic oxidation sites excluding steroid dienone is 2. The van der Waals surface area contributed by atoms with Crippen molar-refractivity contribution in [2.24, 2.45) is 7.05 Å². The van der Waals surface area contributed by atoms with Gasteiger partial charge in [0.15, 0.2) is 16.3 Å². The molecular weight excluding hydrogens is 336 g/mol. The molecule has 0 aliphatic carbocycles. The molecule has 0 fully saturated rings. The second-order valence-electron chi connectivity index (χ2n) is 5.84. The van der Waals surface area contributed by atoms with E-state index in [2.05, 4.69) is 35.1 Å². The van der Waals surface area contributed by atoms with Crippen LogP contribution in [-0.2, 0) is 19.3 Å². The van der Waals surface area contributed by atoms with Crippen molar-refractivity contribution >= 4 is 22.9 Å². The molecule has 0 bridgehead atoms. The number of thioether (sulfide) groups is 1. The van der Waals surface area contributed by atoms with Crippen LogP contribution in [0.1, 0.15) is 18.1 Å². The van der Waals surface area contributed by atoms with Gasteiger partial charge in [0.25, 0.3) is 5.56 Å². The summed E-state index contributed by atoms with van der Waals surface area (Å²) < 4.78 is 3.23. The molecule has 0 spiro atoms. The van der Waals surface area contributed by atoms with Crippen molar-refractivity contribution in [3.05, 3.63) is 68.4 Å². The standard InChI is InChI=1S/C18H20N4O2S/c1-4-5-9-22-14-15(21(3)17(24)20-16(14)23)19-18(22)25-11-13-8-6-7-12(2)10-13/h4-8,10H,9,11H2,1-3H3,(H,20,23,24). The highest BCUT2D eigenvalue weighted by molar-refractivity contribution is 7.98. The maximum absolute atomic E-state index is 12.3. The molecule has 7 heteroatoms. The Morgan fingerprint density at radius 1 is 1.32 bits per heavy atom. The summed E-state index contributed by atoms with van der Waals surface area (Å²) in [5, 5.41) is 0.723. The Hall–Kier alpha value is -2.54. The molecule has 6 nitrogen and oxygen atoms in total. The third-order valence-electron chi connectivity index (χ3n) is 3.95. The lowest BCUT2D eigenvalue weighted by atomic mass is 10.2. The summed E-state index contributed by atoms with van der Waals surface area (Å²) in [6, 6.07) is 8.29. The zero-order valence-electron chi connectivity index (χ0n) is 14.4. The largest absolute Gasteiger partial charge is 0.329 e. The van der Waals surface area contributed by atoms with Crippen LogP contribution in [0.4, 0.5) is 0 Å². The molecule has 0 radical (unpaired) electrons. The minimum absolute atomic E-state index is 0.405. The van der Waals surface area contributed by atoms with Gasteiger partial charge in [-0.15, -0.1) is 0 Å². The SMILES string of the molecule is CC=CCn1c(SCc2cccc(C)c2)nc2c1c(=O)[nH]c(=O)n2C. The van der Waals surface area contributed by atoms with Gasteiger partial charge in [-0.25, -0.2) is 9.78 Å². The number of hydrogen-bond acceptors (Lipinski definition) is 4. The molecule has 0 saturated heterocycles. The van der Waals surface area contributed by atoms with E-state index >= 15 is 0 Å². The van der Waals surface area contributed by atoms with E-state index in [0.29, 0.717) is 17.7 Å². The molecule has 25 heavy (non-hydrogen) atoms. The van der Waals surface area contributed by atoms with Crippen LogP contribution < -0.4 is 11.2 Å². The molecule has 0 aliphatic rings. The van der Waals surface area contributed by atoms with Crippen LogP contribution in [0.2, 0.25) is 0 Å². The number of rotatable bonds is 5. The minimum Gasteiger partial charge on any atom is -0.309 e. The first-order valence-electron chi connectivity index (χ1n) is 8.00. The number of aromatic amines is 1. The number of imidazole rings is 1. The predicted octanol–water partition coefficient (Wildman–Crippen LogP) is 2.60. The summed E-state index contributed by atoms with van der Waals surface area (Å²) in [6.45, 7) is 4.52. The second-order valence-corrected chi connectivity index (χ2v) is 6.78. The summed E-state index contributed by atoms with van der Waals surface area (Å²) in [4.78, 5) is 31.1. The van der Waals surface area contributed by atoms with Crippen LogP contribution in [-0.4, -0.2) is 19.1 Å². The number of benzene rings is 1. The van der Waals surface area contributed by atoms with E-state index in [1.165, 1.54) is 15.7 Å². The molecule has 0 unspecified atom stereocenters. The maximum atomic E-state index is 12.3. The van der Waals surface area contributed by atoms with Crippen LogP contribution >= 0.6 is 11.8 Å². The van der Waals surface area contributed by atoms with Gasteiger partial charge in [-0.05, 0) is 19.4 Å². The van der Waals surface area contributed by atoms with Gasteiger partial charge in [-0.3, -0.25) is 14.3 Å². The highest BCUT2D eigenvalue weighted by Crippen LogP contribution is 2.25. The Balaban J connectivity index is 2.07. The number of aryl methyl sites for hydroxylation is 2. The summed E-state index contributed by atoms with van der Waals surface area (Å²) in [5.74, 6) is 0.743. The van der Waals surface area contributed by atoms with Crippen molar-refractivity contribution in [2.45, 2.75) is 31.3 Å². The third-order valence-corrected chi connectivity index (χ3v) is 4.99. The van der Waals surface area contributed by atoms with E-state index in [1.54, 1.807) is 18.8 Å². The Kier molecular flexibility index (Phi) is 4.94. The Bertz CT molecular complexity index is 1060. The van der Waals surface area contributed by atoms with Crippen molar-refractivity contribution in [2.75, 3.05) is 0 Å². The van der Waals surface area contributed by atoms with Crippen molar-refractivity contribution in [1.82, 2.24) is 19.1 Å². The van der Waals surface area contributed by atoms with E-state index in [0.717, 1.165) is 10.9 Å². The summed E-state index contributed by atoms with van der Waals surface area (Å²) in [6.07, 6.45) is 3.89. The van der Waals surface area contributed by atoms with Crippen LogP contribution in [0.3, 0.4) is 0 Å². The average molecular weight is 356 g/mol. The van der Waals surface area contributed by atoms with Crippen molar-refractivity contribution in [3.8, 4) is 0 Å². The second kappa shape index (κ2) is 7.14. The number of nitrogens with zero attached hydrogens (tertiary/aromatic N) is 3. The smallest absolute Gasteiger partial charge is 0.309 e. The van der Waals surface area contributed by atoms with Crippen LogP contribution in [0, 0.1) is 6.92 Å². The predicted molar refractivity (Wildman–Crippen MR) is 101 cm³/mol. The van der Waals surface area contributed by atoms with Gasteiger partial charge >= 0.3 is 5.69 Å². The third kappa shape index (κ3) is 3.46. The number of aromatic nitrogens is 4. The molecule has 0 amide bonds. The zero-order chi connectivity index (χ0) is 18.0. The van der Waals surface area contributed by atoms with Crippen molar-refractivity contribution in [3.63, 3.8) is 0 Å². The summed E-state index contributed by atoms with van der Waals surface area (Å²) in [7, 11) is 1.61. The topological polar surface area (TPSA) is 72.7 Å². The fourth-order valence-electron chi connectivity index (χ4n) is 2.65. The quantitative estimate of drug-likeness (QED) is 0.563. The molecule has 0 atom stereocenters. The molecule has 2 aromatic heterocycles. The molecular formula is C18H20N4O2S. The van der Waals surface area contributed by atoms with Gasteiger partial charge in [0.2, 0.25) is 0 Å².